The molecule has 0 spiro atoms. The normalized spacial score (nSPS) is 12.7. The van der Waals surface area contributed by atoms with Crippen molar-refractivity contribution in [3.05, 3.63) is 33.9 Å². The monoisotopic (exact) mass is 270 g/mol. The van der Waals surface area contributed by atoms with Crippen molar-refractivity contribution in [2.45, 2.75) is 19.5 Å². The van der Waals surface area contributed by atoms with Gasteiger partial charge in [-0.3, -0.25) is 15.0 Å². The fourth-order valence-corrected chi connectivity index (χ4v) is 2.36. The molecule has 5 nitrogen and oxygen atoms in total. The smallest absolute Gasteiger partial charge is 0.311 e. The van der Waals surface area contributed by atoms with Crippen molar-refractivity contribution in [1.29, 1.82) is 0 Å². The Morgan fingerprint density at radius 2 is 2.22 bits per heavy atom. The third-order valence-corrected chi connectivity index (χ3v) is 3.64. The number of hydrogen-bond acceptors (Lipinski definition) is 5. The van der Waals surface area contributed by atoms with Crippen LogP contribution in [0.4, 0.5) is 5.69 Å². The molecule has 100 valence electrons. The van der Waals surface area contributed by atoms with Crippen LogP contribution in [0.2, 0.25) is 0 Å². The molecule has 0 aromatic heterocycles. The molecule has 0 unspecified atom stereocenters. The number of nitrogens with zero attached hydrogens (tertiary/aromatic N) is 2. The summed E-state index contributed by atoms with van der Waals surface area (Å²) in [4.78, 5) is 12.3. The number of phenols is 1. The van der Waals surface area contributed by atoms with E-state index in [2.05, 4.69) is 18.1 Å². The van der Waals surface area contributed by atoms with Gasteiger partial charge in [-0.25, -0.2) is 0 Å². The minimum absolute atomic E-state index is 0.238. The highest BCUT2D eigenvalue weighted by Gasteiger charge is 2.15. The van der Waals surface area contributed by atoms with E-state index in [0.717, 1.165) is 11.3 Å². The van der Waals surface area contributed by atoms with Crippen LogP contribution in [0.5, 0.6) is 5.75 Å². The summed E-state index contributed by atoms with van der Waals surface area (Å²) in [6, 6.07) is 4.91. The summed E-state index contributed by atoms with van der Waals surface area (Å²) in [5.74, 6) is 0.722. The van der Waals surface area contributed by atoms with Gasteiger partial charge in [0.2, 0.25) is 0 Å². The largest absolute Gasteiger partial charge is 0.502 e. The van der Waals surface area contributed by atoms with Gasteiger partial charge in [-0.2, -0.15) is 11.8 Å². The molecule has 0 heterocycles. The zero-order valence-corrected chi connectivity index (χ0v) is 11.6. The van der Waals surface area contributed by atoms with Crippen LogP contribution < -0.4 is 0 Å². The van der Waals surface area contributed by atoms with Crippen molar-refractivity contribution in [3.63, 3.8) is 0 Å². The molecule has 6 heteroatoms. The molecular weight excluding hydrogens is 252 g/mol. The molecular formula is C12H18N2O3S. The Hall–Kier alpha value is -1.27. The van der Waals surface area contributed by atoms with E-state index in [1.165, 1.54) is 12.1 Å². The standard InChI is InChI=1S/C12H18N2O3S/c1-9(8-18-3)13(2)7-10-4-5-12(15)11(6-10)14(16)17/h4-6,9,15H,7-8H2,1-3H3/t9-/m0/s1. The molecule has 0 fully saturated rings. The Morgan fingerprint density at radius 3 is 2.78 bits per heavy atom. The fraction of sp³-hybridized carbons (Fsp3) is 0.500. The zero-order valence-electron chi connectivity index (χ0n) is 10.8. The highest BCUT2D eigenvalue weighted by atomic mass is 32.2. The van der Waals surface area contributed by atoms with E-state index in [4.69, 9.17) is 0 Å². The fourth-order valence-electron chi connectivity index (χ4n) is 1.63. The van der Waals surface area contributed by atoms with Crippen LogP contribution in [0.1, 0.15) is 12.5 Å². The average molecular weight is 270 g/mol. The van der Waals surface area contributed by atoms with Crippen LogP contribution in [0.3, 0.4) is 0 Å². The van der Waals surface area contributed by atoms with Crippen molar-refractivity contribution in [3.8, 4) is 5.75 Å². The van der Waals surface area contributed by atoms with Crippen molar-refractivity contribution < 1.29 is 10.0 Å². The summed E-state index contributed by atoms with van der Waals surface area (Å²) in [6.07, 6.45) is 2.05. The lowest BCUT2D eigenvalue weighted by Gasteiger charge is -2.23. The van der Waals surface area contributed by atoms with E-state index in [9.17, 15) is 15.2 Å². The van der Waals surface area contributed by atoms with Gasteiger partial charge in [-0.1, -0.05) is 6.07 Å². The van der Waals surface area contributed by atoms with Crippen LogP contribution >= 0.6 is 11.8 Å². The van der Waals surface area contributed by atoms with E-state index in [1.807, 2.05) is 7.05 Å². The molecule has 0 bridgehead atoms. The Bertz CT molecular complexity index is 426. The van der Waals surface area contributed by atoms with Crippen LogP contribution in [-0.2, 0) is 6.54 Å². The summed E-state index contributed by atoms with van der Waals surface area (Å²) in [5, 5.41) is 20.1. The molecule has 0 radical (unpaired) electrons. The molecule has 0 saturated carbocycles. The molecule has 0 aliphatic heterocycles. The van der Waals surface area contributed by atoms with Gasteiger partial charge in [-0.15, -0.1) is 0 Å². The molecule has 1 N–H and O–H groups in total. The van der Waals surface area contributed by atoms with Crippen molar-refractivity contribution in [2.75, 3.05) is 19.1 Å². The van der Waals surface area contributed by atoms with Gasteiger partial charge in [0, 0.05) is 24.4 Å². The number of aromatic hydroxyl groups is 1. The van der Waals surface area contributed by atoms with Gasteiger partial charge in [0.05, 0.1) is 4.92 Å². The predicted molar refractivity (Wildman–Crippen MR) is 74.1 cm³/mol. The third-order valence-electron chi connectivity index (χ3n) is 2.83. The molecule has 1 aromatic carbocycles. The quantitative estimate of drug-likeness (QED) is 0.635. The zero-order chi connectivity index (χ0) is 13.7. The highest BCUT2D eigenvalue weighted by molar-refractivity contribution is 7.98. The summed E-state index contributed by atoms with van der Waals surface area (Å²) >= 11 is 1.77. The minimum atomic E-state index is -0.565. The van der Waals surface area contributed by atoms with Gasteiger partial charge in [0.1, 0.15) is 0 Å². The van der Waals surface area contributed by atoms with E-state index >= 15 is 0 Å². The number of benzene rings is 1. The van der Waals surface area contributed by atoms with E-state index in [1.54, 1.807) is 17.8 Å². The Kier molecular flexibility index (Phi) is 5.43. The molecule has 1 aromatic rings. The molecule has 1 rings (SSSR count). The van der Waals surface area contributed by atoms with Crippen LogP contribution in [0.15, 0.2) is 18.2 Å². The topological polar surface area (TPSA) is 66.6 Å². The molecule has 0 aliphatic carbocycles. The number of nitro groups is 1. The second-order valence-electron chi connectivity index (χ2n) is 4.30. The minimum Gasteiger partial charge on any atom is -0.502 e. The number of rotatable bonds is 6. The lowest BCUT2D eigenvalue weighted by atomic mass is 10.1. The van der Waals surface area contributed by atoms with Gasteiger partial charge in [-0.05, 0) is 31.9 Å². The van der Waals surface area contributed by atoms with Gasteiger partial charge < -0.3 is 5.11 Å². The van der Waals surface area contributed by atoms with Crippen LogP contribution in [-0.4, -0.2) is 40.0 Å². The highest BCUT2D eigenvalue weighted by Crippen LogP contribution is 2.26. The first-order chi connectivity index (χ1) is 8.45. The first-order valence-electron chi connectivity index (χ1n) is 5.61. The predicted octanol–water partition coefficient (Wildman–Crippen LogP) is 2.48. The Morgan fingerprint density at radius 1 is 1.56 bits per heavy atom. The van der Waals surface area contributed by atoms with Crippen molar-refractivity contribution in [1.82, 2.24) is 4.90 Å². The SMILES string of the molecule is CSC[C@H](C)N(C)Cc1ccc(O)c([N+](=O)[O-])c1. The average Bonchev–Trinajstić information content (AvgIpc) is 2.31. The lowest BCUT2D eigenvalue weighted by molar-refractivity contribution is -0.385. The second-order valence-corrected chi connectivity index (χ2v) is 5.21. The Balaban J connectivity index is 2.79. The maximum absolute atomic E-state index is 10.7. The third kappa shape index (κ3) is 3.89. The molecule has 1 atom stereocenters. The van der Waals surface area contributed by atoms with Crippen LogP contribution in [0, 0.1) is 10.1 Å². The summed E-state index contributed by atoms with van der Waals surface area (Å²) < 4.78 is 0. The van der Waals surface area contributed by atoms with E-state index in [-0.39, 0.29) is 11.4 Å². The number of hydrogen-bond donors (Lipinski definition) is 1. The van der Waals surface area contributed by atoms with Gasteiger partial charge >= 0.3 is 5.69 Å². The first kappa shape index (κ1) is 14.8. The summed E-state index contributed by atoms with van der Waals surface area (Å²) in [7, 11) is 1.99. The van der Waals surface area contributed by atoms with Crippen molar-refractivity contribution in [2.24, 2.45) is 0 Å². The lowest BCUT2D eigenvalue weighted by Crippen LogP contribution is -2.30. The van der Waals surface area contributed by atoms with Crippen LogP contribution in [0.25, 0.3) is 0 Å². The second kappa shape index (κ2) is 6.61. The maximum atomic E-state index is 10.7. The number of phenolic OH excluding ortho intramolecular Hbond substituents is 1. The van der Waals surface area contributed by atoms with Gasteiger partial charge in [0.25, 0.3) is 0 Å². The molecule has 0 amide bonds. The van der Waals surface area contributed by atoms with Gasteiger partial charge in [0.15, 0.2) is 5.75 Å². The van der Waals surface area contributed by atoms with Crippen molar-refractivity contribution >= 4 is 17.4 Å². The summed E-state index contributed by atoms with van der Waals surface area (Å²) in [5.41, 5.74) is 0.591. The number of nitro benzene ring substituents is 1. The molecule has 18 heavy (non-hydrogen) atoms. The first-order valence-corrected chi connectivity index (χ1v) is 7.00. The maximum Gasteiger partial charge on any atom is 0.311 e. The van der Waals surface area contributed by atoms with E-state index < -0.39 is 4.92 Å². The molecule has 0 aliphatic rings. The molecule has 0 saturated heterocycles. The summed E-state index contributed by atoms with van der Waals surface area (Å²) in [6.45, 7) is 2.74. The van der Waals surface area contributed by atoms with E-state index in [0.29, 0.717) is 12.6 Å². The Labute approximate surface area is 111 Å². The number of thioether (sulfide) groups is 1.